The van der Waals surface area contributed by atoms with Gasteiger partial charge >= 0.3 is 0 Å². The smallest absolute Gasteiger partial charge is 0.277 e. The van der Waals surface area contributed by atoms with E-state index in [0.29, 0.717) is 22.2 Å². The molecule has 0 saturated heterocycles. The van der Waals surface area contributed by atoms with Crippen molar-refractivity contribution in [3.8, 4) is 11.6 Å². The first kappa shape index (κ1) is 13.6. The van der Waals surface area contributed by atoms with Crippen LogP contribution in [0.25, 0.3) is 11.6 Å². The largest absolute Gasteiger partial charge is 0.409 e. The number of aryl methyl sites for hydroxylation is 1. The Morgan fingerprint density at radius 2 is 2.05 bits per heavy atom. The van der Waals surface area contributed by atoms with E-state index in [1.807, 2.05) is 18.2 Å². The van der Waals surface area contributed by atoms with Crippen molar-refractivity contribution in [2.24, 2.45) is 0 Å². The number of hydrogen-bond donors (Lipinski definition) is 0. The van der Waals surface area contributed by atoms with Crippen molar-refractivity contribution in [1.29, 1.82) is 0 Å². The van der Waals surface area contributed by atoms with Gasteiger partial charge in [0, 0.05) is 11.6 Å². The van der Waals surface area contributed by atoms with Crippen molar-refractivity contribution < 1.29 is 13.7 Å². The summed E-state index contributed by atoms with van der Waals surface area (Å²) < 4.78 is 10.4. The molecule has 0 aliphatic heterocycles. The third-order valence-electron chi connectivity index (χ3n) is 2.68. The Labute approximate surface area is 124 Å². The molecule has 0 N–H and O–H groups in total. The average molecular weight is 301 g/mol. The zero-order valence-corrected chi connectivity index (χ0v) is 12.0. The van der Waals surface area contributed by atoms with Gasteiger partial charge in [0.1, 0.15) is 5.76 Å². The molecule has 0 unspecified atom stereocenters. The van der Waals surface area contributed by atoms with Crippen molar-refractivity contribution >= 4 is 17.5 Å². The fourth-order valence-electron chi connectivity index (χ4n) is 1.67. The Bertz CT molecular complexity index is 752. The van der Waals surface area contributed by atoms with Crippen LogP contribution >= 0.6 is 11.8 Å². The maximum absolute atomic E-state index is 12.0. The van der Waals surface area contributed by atoms with Crippen LogP contribution in [-0.4, -0.2) is 26.9 Å². The van der Waals surface area contributed by atoms with Crippen molar-refractivity contribution in [3.05, 3.63) is 47.7 Å². The molecule has 0 saturated carbocycles. The number of aromatic nitrogens is 3. The zero-order valence-electron chi connectivity index (χ0n) is 11.1. The van der Waals surface area contributed by atoms with Gasteiger partial charge in [-0.25, -0.2) is 0 Å². The summed E-state index contributed by atoms with van der Waals surface area (Å²) in [5.74, 6) is 1.19. The van der Waals surface area contributed by atoms with Gasteiger partial charge in [0.15, 0.2) is 11.5 Å². The van der Waals surface area contributed by atoms with E-state index in [1.165, 1.54) is 11.8 Å². The van der Waals surface area contributed by atoms with Gasteiger partial charge < -0.3 is 8.94 Å². The van der Waals surface area contributed by atoms with Gasteiger partial charge in [-0.3, -0.25) is 4.79 Å². The summed E-state index contributed by atoms with van der Waals surface area (Å²) in [6, 6.07) is 10.8. The van der Waals surface area contributed by atoms with E-state index >= 15 is 0 Å². The number of Topliss-reactive ketones (excluding diaryl/α,β-unsaturated/α-hetero) is 1. The molecule has 106 valence electrons. The van der Waals surface area contributed by atoms with Crippen LogP contribution in [-0.2, 0) is 0 Å². The molecule has 3 rings (SSSR count). The van der Waals surface area contributed by atoms with Crippen LogP contribution in [0.3, 0.4) is 0 Å². The molecule has 0 aliphatic carbocycles. The topological polar surface area (TPSA) is 82.0 Å². The lowest BCUT2D eigenvalue weighted by Crippen LogP contribution is -2.01. The van der Waals surface area contributed by atoms with E-state index in [1.54, 1.807) is 25.1 Å². The van der Waals surface area contributed by atoms with E-state index in [9.17, 15) is 4.79 Å². The van der Waals surface area contributed by atoms with Crippen molar-refractivity contribution in [1.82, 2.24) is 15.4 Å². The van der Waals surface area contributed by atoms with Crippen molar-refractivity contribution in [3.63, 3.8) is 0 Å². The van der Waals surface area contributed by atoms with Gasteiger partial charge in [-0.1, -0.05) is 47.3 Å². The molecule has 0 aliphatic rings. The molecule has 0 amide bonds. The average Bonchev–Trinajstić information content (AvgIpc) is 3.14. The van der Waals surface area contributed by atoms with Gasteiger partial charge in [-0.05, 0) is 6.92 Å². The number of thioether (sulfide) groups is 1. The molecule has 21 heavy (non-hydrogen) atoms. The summed E-state index contributed by atoms with van der Waals surface area (Å²) in [7, 11) is 0. The first-order valence-electron chi connectivity index (χ1n) is 6.20. The lowest BCUT2D eigenvalue weighted by molar-refractivity contribution is 0.102. The molecule has 0 bridgehead atoms. The summed E-state index contributed by atoms with van der Waals surface area (Å²) in [6.07, 6.45) is 0. The Balaban J connectivity index is 1.64. The molecular weight excluding hydrogens is 290 g/mol. The Morgan fingerprint density at radius 1 is 1.24 bits per heavy atom. The fraction of sp³-hybridized carbons (Fsp3) is 0.143. The second kappa shape index (κ2) is 5.92. The van der Waals surface area contributed by atoms with Gasteiger partial charge in [0.05, 0.1) is 5.75 Å². The summed E-state index contributed by atoms with van der Waals surface area (Å²) in [5.41, 5.74) is 1.15. The molecule has 1 aromatic carbocycles. The molecule has 3 aromatic rings. The minimum absolute atomic E-state index is 0.0117. The lowest BCUT2D eigenvalue weighted by Gasteiger charge is -1.97. The van der Waals surface area contributed by atoms with E-state index in [4.69, 9.17) is 8.94 Å². The van der Waals surface area contributed by atoms with Crippen molar-refractivity contribution in [2.75, 3.05) is 5.75 Å². The highest BCUT2D eigenvalue weighted by atomic mass is 32.2. The lowest BCUT2D eigenvalue weighted by atomic mass is 10.2. The second-order valence-electron chi connectivity index (χ2n) is 4.27. The highest BCUT2D eigenvalue weighted by Gasteiger charge is 2.14. The number of hydrogen-bond acceptors (Lipinski definition) is 7. The standard InChI is InChI=1S/C14H11N3O3S/c1-9-7-11(17-20-9)13-15-16-14(19-13)21-8-12(18)10-5-3-2-4-6-10/h2-7H,8H2,1H3. The van der Waals surface area contributed by atoms with Gasteiger partial charge in [0.25, 0.3) is 11.1 Å². The molecule has 0 radical (unpaired) electrons. The number of rotatable bonds is 5. The number of carbonyl (C=O) groups excluding carboxylic acids is 1. The molecule has 0 atom stereocenters. The molecule has 2 aromatic heterocycles. The third-order valence-corrected chi connectivity index (χ3v) is 3.49. The van der Waals surface area contributed by atoms with Gasteiger partial charge in [-0.2, -0.15) is 0 Å². The fourth-order valence-corrected chi connectivity index (χ4v) is 2.33. The maximum Gasteiger partial charge on any atom is 0.277 e. The summed E-state index contributed by atoms with van der Waals surface area (Å²) in [5, 5.41) is 11.9. The maximum atomic E-state index is 12.0. The summed E-state index contributed by atoms with van der Waals surface area (Å²) in [4.78, 5) is 12.0. The highest BCUT2D eigenvalue weighted by molar-refractivity contribution is 7.99. The monoisotopic (exact) mass is 301 g/mol. The Kier molecular flexibility index (Phi) is 3.83. The molecule has 2 heterocycles. The van der Waals surface area contributed by atoms with Crippen molar-refractivity contribution in [2.45, 2.75) is 12.1 Å². The number of benzene rings is 1. The van der Waals surface area contributed by atoms with E-state index < -0.39 is 0 Å². The van der Waals surface area contributed by atoms with Crippen LogP contribution in [0, 0.1) is 6.92 Å². The third kappa shape index (κ3) is 3.19. The minimum atomic E-state index is 0.0117. The molecular formula is C14H11N3O3S. The Morgan fingerprint density at radius 3 is 2.76 bits per heavy atom. The summed E-state index contributed by atoms with van der Waals surface area (Å²) in [6.45, 7) is 1.78. The first-order chi connectivity index (χ1) is 10.2. The normalized spacial score (nSPS) is 10.7. The molecule has 0 spiro atoms. The second-order valence-corrected chi connectivity index (χ2v) is 5.20. The molecule has 0 fully saturated rings. The summed E-state index contributed by atoms with van der Waals surface area (Å²) >= 11 is 1.20. The van der Waals surface area contributed by atoms with E-state index in [-0.39, 0.29) is 17.4 Å². The van der Waals surface area contributed by atoms with Crippen LogP contribution in [0.2, 0.25) is 0 Å². The molecule has 7 heteroatoms. The van der Waals surface area contributed by atoms with Crippen LogP contribution in [0.1, 0.15) is 16.1 Å². The highest BCUT2D eigenvalue weighted by Crippen LogP contribution is 2.23. The predicted octanol–water partition coefficient (Wildman–Crippen LogP) is 3.01. The zero-order chi connectivity index (χ0) is 14.7. The van der Waals surface area contributed by atoms with E-state index in [0.717, 1.165) is 0 Å². The van der Waals surface area contributed by atoms with Crippen LogP contribution in [0.15, 0.2) is 50.6 Å². The van der Waals surface area contributed by atoms with Crippen LogP contribution < -0.4 is 0 Å². The Hall–Kier alpha value is -2.41. The minimum Gasteiger partial charge on any atom is -0.409 e. The quantitative estimate of drug-likeness (QED) is 0.529. The van der Waals surface area contributed by atoms with Crippen LogP contribution in [0.5, 0.6) is 0 Å². The predicted molar refractivity (Wildman–Crippen MR) is 76.0 cm³/mol. The van der Waals surface area contributed by atoms with Crippen LogP contribution in [0.4, 0.5) is 0 Å². The van der Waals surface area contributed by atoms with Gasteiger partial charge in [-0.15, -0.1) is 10.2 Å². The number of carbonyl (C=O) groups is 1. The number of nitrogens with zero attached hydrogens (tertiary/aromatic N) is 3. The van der Waals surface area contributed by atoms with Gasteiger partial charge in [0.2, 0.25) is 0 Å². The first-order valence-corrected chi connectivity index (χ1v) is 7.19. The SMILES string of the molecule is Cc1cc(-c2nnc(SCC(=O)c3ccccc3)o2)no1. The number of ketones is 1. The molecule has 6 nitrogen and oxygen atoms in total. The van der Waals surface area contributed by atoms with E-state index in [2.05, 4.69) is 15.4 Å².